The molecule has 0 saturated carbocycles. The largest absolute Gasteiger partial charge is 0.490 e. The van der Waals surface area contributed by atoms with E-state index in [-0.39, 0.29) is 0 Å². The van der Waals surface area contributed by atoms with Crippen molar-refractivity contribution in [3.63, 3.8) is 0 Å². The average molecular weight is 178 g/mol. The molecule has 0 aliphatic carbocycles. The normalized spacial score (nSPS) is 14.3. The van der Waals surface area contributed by atoms with Crippen molar-refractivity contribution in [1.29, 1.82) is 0 Å². The Hall–Kier alpha value is -1.38. The number of aryl methyl sites for hydroxylation is 1. The van der Waals surface area contributed by atoms with Gasteiger partial charge in [0.05, 0.1) is 5.69 Å². The Morgan fingerprint density at radius 1 is 1.46 bits per heavy atom. The van der Waals surface area contributed by atoms with Gasteiger partial charge in [0.15, 0.2) is 0 Å². The summed E-state index contributed by atoms with van der Waals surface area (Å²) < 4.78 is 5.52. The summed E-state index contributed by atoms with van der Waals surface area (Å²) in [4.78, 5) is 0. The molecule has 1 aromatic carbocycles. The van der Waals surface area contributed by atoms with Gasteiger partial charge in [0.25, 0.3) is 0 Å². The summed E-state index contributed by atoms with van der Waals surface area (Å²) in [5.74, 6) is 0.926. The van der Waals surface area contributed by atoms with E-state index in [9.17, 15) is 0 Å². The molecule has 0 saturated heterocycles. The van der Waals surface area contributed by atoms with Crippen LogP contribution in [-0.4, -0.2) is 13.2 Å². The Labute approximate surface area is 77.9 Å². The number of ether oxygens (including phenoxy) is 1. The molecule has 1 aliphatic rings. The Morgan fingerprint density at radius 2 is 2.23 bits per heavy atom. The molecule has 70 valence electrons. The quantitative estimate of drug-likeness (QED) is 0.594. The molecule has 0 atom stereocenters. The molecule has 0 aromatic heterocycles. The molecule has 3 N–H and O–H groups in total. The topological polar surface area (TPSA) is 47.3 Å². The molecule has 0 unspecified atom stereocenters. The molecule has 1 aliphatic heterocycles. The standard InChI is InChI=1S/C10H14N2O/c1-6-5-8-10(7(2)9(6)11)12-3-4-13-8/h5,12H,3-4,11H2,1-2H3. The first-order chi connectivity index (χ1) is 6.20. The SMILES string of the molecule is Cc1cc2c(c(C)c1N)NCCO2. The van der Waals surface area contributed by atoms with E-state index < -0.39 is 0 Å². The fourth-order valence-corrected chi connectivity index (χ4v) is 1.63. The second-order valence-electron chi connectivity index (χ2n) is 3.38. The zero-order valence-electron chi connectivity index (χ0n) is 7.98. The number of nitrogens with one attached hydrogen (secondary N) is 1. The van der Waals surface area contributed by atoms with Crippen LogP contribution in [0.25, 0.3) is 0 Å². The van der Waals surface area contributed by atoms with Crippen molar-refractivity contribution >= 4 is 11.4 Å². The van der Waals surface area contributed by atoms with Crippen molar-refractivity contribution in [3.05, 3.63) is 17.2 Å². The molecule has 0 amide bonds. The average Bonchev–Trinajstić information content (AvgIpc) is 2.15. The van der Waals surface area contributed by atoms with E-state index in [2.05, 4.69) is 5.32 Å². The van der Waals surface area contributed by atoms with Crippen molar-refractivity contribution in [2.45, 2.75) is 13.8 Å². The van der Waals surface area contributed by atoms with Gasteiger partial charge >= 0.3 is 0 Å². The van der Waals surface area contributed by atoms with Gasteiger partial charge in [0.2, 0.25) is 0 Å². The molecule has 2 rings (SSSR count). The summed E-state index contributed by atoms with van der Waals surface area (Å²) in [6.07, 6.45) is 0. The van der Waals surface area contributed by atoms with Crippen molar-refractivity contribution in [2.24, 2.45) is 0 Å². The number of hydrogen-bond donors (Lipinski definition) is 2. The van der Waals surface area contributed by atoms with Crippen LogP contribution in [0, 0.1) is 13.8 Å². The molecule has 0 bridgehead atoms. The first kappa shape index (κ1) is 8.23. The van der Waals surface area contributed by atoms with Crippen molar-refractivity contribution < 1.29 is 4.74 Å². The van der Waals surface area contributed by atoms with Crippen LogP contribution in [0.2, 0.25) is 0 Å². The van der Waals surface area contributed by atoms with Gasteiger partial charge < -0.3 is 15.8 Å². The molecular weight excluding hydrogens is 164 g/mol. The zero-order chi connectivity index (χ0) is 9.42. The summed E-state index contributed by atoms with van der Waals surface area (Å²) in [7, 11) is 0. The van der Waals surface area contributed by atoms with Crippen LogP contribution < -0.4 is 15.8 Å². The summed E-state index contributed by atoms with van der Waals surface area (Å²) >= 11 is 0. The van der Waals surface area contributed by atoms with E-state index in [0.29, 0.717) is 0 Å². The number of fused-ring (bicyclic) bond motifs is 1. The minimum atomic E-state index is 0.732. The Morgan fingerprint density at radius 3 is 3.00 bits per heavy atom. The fourth-order valence-electron chi connectivity index (χ4n) is 1.63. The summed E-state index contributed by atoms with van der Waals surface area (Å²) in [5.41, 5.74) is 9.99. The minimum Gasteiger partial charge on any atom is -0.490 e. The third-order valence-electron chi connectivity index (χ3n) is 2.46. The molecule has 13 heavy (non-hydrogen) atoms. The monoisotopic (exact) mass is 178 g/mol. The molecule has 0 spiro atoms. The highest BCUT2D eigenvalue weighted by Gasteiger charge is 2.15. The lowest BCUT2D eigenvalue weighted by atomic mass is 10.1. The molecule has 1 heterocycles. The summed E-state index contributed by atoms with van der Waals surface area (Å²) in [5, 5.41) is 3.29. The van der Waals surface area contributed by atoms with Crippen LogP contribution in [0.15, 0.2) is 6.07 Å². The lowest BCUT2D eigenvalue weighted by Gasteiger charge is -2.22. The van der Waals surface area contributed by atoms with Crippen molar-refractivity contribution in [2.75, 3.05) is 24.2 Å². The van der Waals surface area contributed by atoms with Crippen LogP contribution in [-0.2, 0) is 0 Å². The second kappa shape index (κ2) is 2.83. The van der Waals surface area contributed by atoms with E-state index in [1.165, 1.54) is 0 Å². The summed E-state index contributed by atoms with van der Waals surface area (Å²) in [6.45, 7) is 5.61. The molecule has 0 radical (unpaired) electrons. The van der Waals surface area contributed by atoms with Crippen LogP contribution in [0.3, 0.4) is 0 Å². The fraction of sp³-hybridized carbons (Fsp3) is 0.400. The highest BCUT2D eigenvalue weighted by atomic mass is 16.5. The van der Waals surface area contributed by atoms with E-state index >= 15 is 0 Å². The van der Waals surface area contributed by atoms with Gasteiger partial charge in [0.1, 0.15) is 12.4 Å². The Kier molecular flexibility index (Phi) is 1.79. The van der Waals surface area contributed by atoms with Gasteiger partial charge in [-0.1, -0.05) is 0 Å². The predicted octanol–water partition coefficient (Wildman–Crippen LogP) is 1.69. The van der Waals surface area contributed by atoms with Gasteiger partial charge in [-0.25, -0.2) is 0 Å². The molecule has 3 nitrogen and oxygen atoms in total. The van der Waals surface area contributed by atoms with Crippen LogP contribution in [0.1, 0.15) is 11.1 Å². The van der Waals surface area contributed by atoms with E-state index in [4.69, 9.17) is 10.5 Å². The summed E-state index contributed by atoms with van der Waals surface area (Å²) in [6, 6.07) is 1.99. The number of rotatable bonds is 0. The Balaban J connectivity index is 2.60. The van der Waals surface area contributed by atoms with Gasteiger partial charge in [-0.05, 0) is 31.0 Å². The maximum absolute atomic E-state index is 5.91. The number of hydrogen-bond acceptors (Lipinski definition) is 3. The predicted molar refractivity (Wildman–Crippen MR) is 54.3 cm³/mol. The number of anilines is 2. The first-order valence-electron chi connectivity index (χ1n) is 4.46. The van der Waals surface area contributed by atoms with Crippen molar-refractivity contribution in [3.8, 4) is 5.75 Å². The number of nitrogen functional groups attached to an aromatic ring is 1. The third kappa shape index (κ3) is 1.20. The molecule has 1 aromatic rings. The molecular formula is C10H14N2O. The minimum absolute atomic E-state index is 0.732. The maximum atomic E-state index is 5.91. The molecule has 3 heteroatoms. The molecule has 0 fully saturated rings. The van der Waals surface area contributed by atoms with Crippen LogP contribution in [0.4, 0.5) is 11.4 Å². The van der Waals surface area contributed by atoms with E-state index in [0.717, 1.165) is 41.4 Å². The van der Waals surface area contributed by atoms with Gasteiger partial charge in [-0.2, -0.15) is 0 Å². The van der Waals surface area contributed by atoms with Crippen molar-refractivity contribution in [1.82, 2.24) is 0 Å². The van der Waals surface area contributed by atoms with E-state index in [1.54, 1.807) is 0 Å². The smallest absolute Gasteiger partial charge is 0.143 e. The highest BCUT2D eigenvalue weighted by molar-refractivity contribution is 5.73. The Bertz CT molecular complexity index is 347. The van der Waals surface area contributed by atoms with Gasteiger partial charge in [-0.15, -0.1) is 0 Å². The number of benzene rings is 1. The van der Waals surface area contributed by atoms with Gasteiger partial charge in [-0.3, -0.25) is 0 Å². The first-order valence-corrected chi connectivity index (χ1v) is 4.46. The zero-order valence-corrected chi connectivity index (χ0v) is 7.98. The number of nitrogens with two attached hydrogens (primary N) is 1. The maximum Gasteiger partial charge on any atom is 0.143 e. The third-order valence-corrected chi connectivity index (χ3v) is 2.46. The highest BCUT2D eigenvalue weighted by Crippen LogP contribution is 2.36. The van der Waals surface area contributed by atoms with Crippen LogP contribution >= 0.6 is 0 Å². The van der Waals surface area contributed by atoms with Crippen LogP contribution in [0.5, 0.6) is 5.75 Å². The lowest BCUT2D eigenvalue weighted by Crippen LogP contribution is -2.19. The second-order valence-corrected chi connectivity index (χ2v) is 3.38. The lowest BCUT2D eigenvalue weighted by molar-refractivity contribution is 0.323. The van der Waals surface area contributed by atoms with Gasteiger partial charge in [0, 0.05) is 12.2 Å². The van der Waals surface area contributed by atoms with E-state index in [1.807, 2.05) is 19.9 Å².